The Hall–Kier alpha value is -1.85. The highest BCUT2D eigenvalue weighted by Crippen LogP contribution is 2.39. The summed E-state index contributed by atoms with van der Waals surface area (Å²) in [5.41, 5.74) is 0.0298. The average molecular weight is 316 g/mol. The molecule has 0 amide bonds. The summed E-state index contributed by atoms with van der Waals surface area (Å²) in [7, 11) is 0. The Morgan fingerprint density at radius 1 is 1.20 bits per heavy atom. The van der Waals surface area contributed by atoms with E-state index in [9.17, 15) is 14.5 Å². The predicted octanol–water partition coefficient (Wildman–Crippen LogP) is 4.92. The summed E-state index contributed by atoms with van der Waals surface area (Å²) in [6.07, 6.45) is 0. The molecule has 0 heterocycles. The number of para-hydroxylation sites is 2. The second-order valence-electron chi connectivity index (χ2n) is 3.81. The largest absolute Gasteiger partial charge is 0.445 e. The molecule has 2 aromatic rings. The summed E-state index contributed by atoms with van der Waals surface area (Å²) in [5.74, 6) is -1.04. The first-order valence-electron chi connectivity index (χ1n) is 5.48. The minimum Gasteiger partial charge on any atom is -0.445 e. The molecule has 0 fully saturated rings. The maximum atomic E-state index is 13.8. The van der Waals surface area contributed by atoms with Gasteiger partial charge < -0.3 is 4.74 Å². The van der Waals surface area contributed by atoms with Crippen LogP contribution < -0.4 is 4.74 Å². The first-order chi connectivity index (χ1) is 9.54. The molecule has 4 nitrogen and oxygen atoms in total. The van der Waals surface area contributed by atoms with E-state index >= 15 is 0 Å². The van der Waals surface area contributed by atoms with Crippen molar-refractivity contribution in [2.75, 3.05) is 0 Å². The second kappa shape index (κ2) is 6.07. The van der Waals surface area contributed by atoms with Crippen molar-refractivity contribution < 1.29 is 14.1 Å². The van der Waals surface area contributed by atoms with Gasteiger partial charge in [-0.2, -0.15) is 0 Å². The van der Waals surface area contributed by atoms with Gasteiger partial charge in [0.2, 0.25) is 5.75 Å². The van der Waals surface area contributed by atoms with Crippen molar-refractivity contribution in [3.8, 4) is 11.5 Å². The normalized spacial score (nSPS) is 10.3. The van der Waals surface area contributed by atoms with Crippen LogP contribution in [0.4, 0.5) is 10.1 Å². The molecule has 2 aromatic carbocycles. The minimum absolute atomic E-state index is 0.00530. The maximum absolute atomic E-state index is 13.8. The average Bonchev–Trinajstić information content (AvgIpc) is 2.42. The zero-order valence-electron chi connectivity index (χ0n) is 9.98. The Kier molecular flexibility index (Phi) is 4.42. The summed E-state index contributed by atoms with van der Waals surface area (Å²) in [6, 6.07) is 8.27. The van der Waals surface area contributed by atoms with E-state index < -0.39 is 10.7 Å². The van der Waals surface area contributed by atoms with Crippen LogP contribution in [0.5, 0.6) is 11.5 Å². The Labute approximate surface area is 123 Å². The molecule has 0 aromatic heterocycles. The summed E-state index contributed by atoms with van der Waals surface area (Å²) >= 11 is 11.6. The summed E-state index contributed by atoms with van der Waals surface area (Å²) in [5, 5.41) is 11.0. The highest BCUT2D eigenvalue weighted by Gasteiger charge is 2.21. The maximum Gasteiger partial charge on any atom is 0.313 e. The quantitative estimate of drug-likeness (QED) is 0.457. The number of halogens is 3. The minimum atomic E-state index is -0.669. The molecule has 0 atom stereocenters. The van der Waals surface area contributed by atoms with Gasteiger partial charge in [0.15, 0.2) is 11.6 Å². The van der Waals surface area contributed by atoms with Crippen LogP contribution in [-0.4, -0.2) is 4.92 Å². The predicted molar refractivity (Wildman–Crippen MR) is 74.1 cm³/mol. The fraction of sp³-hybridized carbons (Fsp3) is 0.0769. The Bertz CT molecular complexity index is 664. The third-order valence-corrected chi connectivity index (χ3v) is 3.13. The van der Waals surface area contributed by atoms with E-state index in [1.807, 2.05) is 0 Å². The van der Waals surface area contributed by atoms with Gasteiger partial charge in [0, 0.05) is 11.6 Å². The molecule has 0 saturated carbocycles. The van der Waals surface area contributed by atoms with Crippen molar-refractivity contribution in [1.29, 1.82) is 0 Å². The molecule has 20 heavy (non-hydrogen) atoms. The van der Waals surface area contributed by atoms with Gasteiger partial charge in [0.1, 0.15) is 0 Å². The Morgan fingerprint density at radius 2 is 1.90 bits per heavy atom. The lowest BCUT2D eigenvalue weighted by atomic mass is 10.2. The van der Waals surface area contributed by atoms with Crippen molar-refractivity contribution in [2.24, 2.45) is 0 Å². The van der Waals surface area contributed by atoms with Crippen LogP contribution in [0.2, 0.25) is 5.02 Å². The monoisotopic (exact) mass is 315 g/mol. The first-order valence-corrected chi connectivity index (χ1v) is 6.40. The molecular formula is C13H8Cl2FNO3. The number of nitro groups is 1. The lowest BCUT2D eigenvalue weighted by Gasteiger charge is -2.11. The van der Waals surface area contributed by atoms with Crippen LogP contribution in [0.1, 0.15) is 5.56 Å². The number of rotatable bonds is 4. The third kappa shape index (κ3) is 2.84. The molecule has 0 bridgehead atoms. The van der Waals surface area contributed by atoms with Gasteiger partial charge in [-0.3, -0.25) is 10.1 Å². The van der Waals surface area contributed by atoms with Crippen molar-refractivity contribution in [1.82, 2.24) is 0 Å². The van der Waals surface area contributed by atoms with E-state index in [0.717, 1.165) is 0 Å². The number of ether oxygens (including phenoxy) is 1. The first kappa shape index (κ1) is 14.6. The molecule has 0 unspecified atom stereocenters. The van der Waals surface area contributed by atoms with Gasteiger partial charge in [-0.1, -0.05) is 29.8 Å². The van der Waals surface area contributed by atoms with Gasteiger partial charge >= 0.3 is 5.69 Å². The van der Waals surface area contributed by atoms with Crippen LogP contribution in [0.15, 0.2) is 36.4 Å². The number of nitro benzene ring substituents is 1. The van der Waals surface area contributed by atoms with E-state index in [1.54, 1.807) is 6.07 Å². The van der Waals surface area contributed by atoms with E-state index in [0.29, 0.717) is 5.56 Å². The second-order valence-corrected chi connectivity index (χ2v) is 4.48. The molecule has 104 valence electrons. The van der Waals surface area contributed by atoms with E-state index in [1.165, 1.54) is 30.3 Å². The molecule has 0 radical (unpaired) electrons. The molecule has 0 aliphatic rings. The zero-order valence-corrected chi connectivity index (χ0v) is 11.5. The molecule has 7 heteroatoms. The third-order valence-electron chi connectivity index (χ3n) is 2.54. The van der Waals surface area contributed by atoms with Gasteiger partial charge in [-0.15, -0.1) is 11.6 Å². The molecule has 0 spiro atoms. The molecule has 0 aliphatic heterocycles. The summed E-state index contributed by atoms with van der Waals surface area (Å²) in [6.45, 7) is 0. The van der Waals surface area contributed by atoms with Gasteiger partial charge in [-0.25, -0.2) is 4.39 Å². The van der Waals surface area contributed by atoms with E-state index in [-0.39, 0.29) is 28.1 Å². The molecule has 0 aliphatic carbocycles. The molecule has 0 N–H and O–H groups in total. The van der Waals surface area contributed by atoms with Gasteiger partial charge in [0.25, 0.3) is 0 Å². The highest BCUT2D eigenvalue weighted by atomic mass is 35.5. The number of benzene rings is 2. The Balaban J connectivity index is 2.53. The number of nitrogens with zero attached hydrogens (tertiary/aromatic N) is 1. The summed E-state index contributed by atoms with van der Waals surface area (Å²) < 4.78 is 19.1. The Morgan fingerprint density at radius 3 is 2.55 bits per heavy atom. The van der Waals surface area contributed by atoms with Crippen molar-refractivity contribution >= 4 is 28.9 Å². The van der Waals surface area contributed by atoms with E-state index in [2.05, 4.69) is 0 Å². The van der Waals surface area contributed by atoms with Crippen molar-refractivity contribution in [3.63, 3.8) is 0 Å². The van der Waals surface area contributed by atoms with Gasteiger partial charge in [0.05, 0.1) is 15.8 Å². The lowest BCUT2D eigenvalue weighted by Crippen LogP contribution is -1.98. The van der Waals surface area contributed by atoms with Crippen molar-refractivity contribution in [3.05, 3.63) is 62.9 Å². The van der Waals surface area contributed by atoms with Gasteiger partial charge in [-0.05, 0) is 12.1 Å². The van der Waals surface area contributed by atoms with Crippen LogP contribution in [0.3, 0.4) is 0 Å². The zero-order chi connectivity index (χ0) is 14.7. The number of hydrogen-bond donors (Lipinski definition) is 0. The van der Waals surface area contributed by atoms with Crippen LogP contribution in [0.25, 0.3) is 0 Å². The van der Waals surface area contributed by atoms with Crippen LogP contribution in [-0.2, 0) is 5.88 Å². The fourth-order valence-corrected chi connectivity index (χ4v) is 2.04. The fourth-order valence-electron chi connectivity index (χ4n) is 1.62. The lowest BCUT2D eigenvalue weighted by molar-refractivity contribution is -0.385. The molecule has 2 rings (SSSR count). The molecular weight excluding hydrogens is 308 g/mol. The standard InChI is InChI=1S/C13H8Cl2FNO3/c14-7-8-3-1-5-10(16)12(8)20-13-9(15)4-2-6-11(13)17(18)19/h1-6H,7H2. The molecule has 0 saturated heterocycles. The topological polar surface area (TPSA) is 52.4 Å². The number of alkyl halides is 1. The highest BCUT2D eigenvalue weighted by molar-refractivity contribution is 6.32. The number of hydrogen-bond acceptors (Lipinski definition) is 3. The van der Waals surface area contributed by atoms with Crippen LogP contribution in [0, 0.1) is 15.9 Å². The van der Waals surface area contributed by atoms with E-state index in [4.69, 9.17) is 27.9 Å². The van der Waals surface area contributed by atoms with Crippen LogP contribution >= 0.6 is 23.2 Å². The van der Waals surface area contributed by atoms with Crippen molar-refractivity contribution in [2.45, 2.75) is 5.88 Å². The smallest absolute Gasteiger partial charge is 0.313 e. The summed E-state index contributed by atoms with van der Waals surface area (Å²) in [4.78, 5) is 10.3. The SMILES string of the molecule is O=[N+]([O-])c1cccc(Cl)c1Oc1c(F)cccc1CCl.